The second-order valence-corrected chi connectivity index (χ2v) is 23.0. The van der Waals surface area contributed by atoms with Crippen molar-refractivity contribution in [1.82, 2.24) is 0 Å². The fourth-order valence-corrected chi connectivity index (χ4v) is 7.36. The van der Waals surface area contributed by atoms with E-state index in [1.54, 1.807) is 12.1 Å². The molecule has 3 heterocycles. The van der Waals surface area contributed by atoms with Gasteiger partial charge in [0.2, 0.25) is 0 Å². The summed E-state index contributed by atoms with van der Waals surface area (Å²) in [7, 11) is 14.2. The lowest BCUT2D eigenvalue weighted by Gasteiger charge is -2.32. The Hall–Kier alpha value is -3.94. The summed E-state index contributed by atoms with van der Waals surface area (Å²) in [5.74, 6) is 6.06. The number of hydrogen-bond acceptors (Lipinski definition) is 6. The molecular weight excluding hydrogens is 934 g/mol. The van der Waals surface area contributed by atoms with Gasteiger partial charge < -0.3 is 28.3 Å². The Labute approximate surface area is 401 Å². The maximum absolute atomic E-state index is 6.32. The molecule has 7 aromatic carbocycles. The molecule has 1 saturated heterocycles. The first-order valence-electron chi connectivity index (χ1n) is 19.8. The topological polar surface area (TPSA) is 55.4 Å². The molecule has 0 radical (unpaired) electrons. The molecule has 10 rings (SSSR count). The highest BCUT2D eigenvalue weighted by molar-refractivity contribution is 7.54. The number of para-hydroxylation sites is 2. The Bertz CT molecular complexity index is 2610. The van der Waals surface area contributed by atoms with Crippen molar-refractivity contribution in [2.45, 2.75) is 38.9 Å². The van der Waals surface area contributed by atoms with E-state index in [4.69, 9.17) is 93.2 Å². The summed E-state index contributed by atoms with van der Waals surface area (Å²) >= 11 is 16.1. The van der Waals surface area contributed by atoms with Crippen LogP contribution in [0.4, 0.5) is 0 Å². The maximum Gasteiger partial charge on any atom is 0.643 e. The second-order valence-electron chi connectivity index (χ2n) is 15.3. The molecular formula is C48H39AlB2Cl6O6. The first kappa shape index (κ1) is 47.0. The van der Waals surface area contributed by atoms with E-state index >= 15 is 0 Å². The lowest BCUT2D eigenvalue weighted by Crippen LogP contribution is -2.57. The third-order valence-electron chi connectivity index (χ3n) is 10.5. The summed E-state index contributed by atoms with van der Waals surface area (Å²) in [6.07, 6.45) is 0. The smallest absolute Gasteiger partial charge is 0.458 e. The van der Waals surface area contributed by atoms with E-state index in [1.807, 2.05) is 173 Å². The van der Waals surface area contributed by atoms with Crippen LogP contribution in [0.25, 0.3) is 0 Å². The fraction of sp³-hybridized carbons (Fsp3) is 0.125. The molecule has 1 fully saturated rings. The zero-order valence-corrected chi connectivity index (χ0v) is 40.2. The minimum atomic E-state index is -1.72. The van der Waals surface area contributed by atoms with Gasteiger partial charge in [-0.2, -0.15) is 0 Å². The quantitative estimate of drug-likeness (QED) is 0.160. The fourth-order valence-electron chi connectivity index (χ4n) is 6.91. The van der Waals surface area contributed by atoms with Crippen LogP contribution in [0.5, 0.6) is 46.0 Å². The predicted molar refractivity (Wildman–Crippen MR) is 264 cm³/mol. The highest BCUT2D eigenvalue weighted by atomic mass is 35.8. The van der Waals surface area contributed by atoms with E-state index in [9.17, 15) is 0 Å². The highest BCUT2D eigenvalue weighted by Crippen LogP contribution is 2.40. The van der Waals surface area contributed by atoms with Gasteiger partial charge >= 0.3 is 18.5 Å². The van der Waals surface area contributed by atoms with Crippen LogP contribution in [0.2, 0.25) is 15.1 Å². The van der Waals surface area contributed by atoms with Crippen LogP contribution in [0.1, 0.15) is 27.7 Å². The van der Waals surface area contributed by atoms with Crippen LogP contribution in [-0.2, 0) is 9.31 Å². The Balaban J connectivity index is 0.000000156. The molecule has 0 spiro atoms. The molecule has 0 aromatic heterocycles. The lowest BCUT2D eigenvalue weighted by atomic mass is 9.35. The Morgan fingerprint density at radius 2 is 0.889 bits per heavy atom. The molecule has 7 aromatic rings. The van der Waals surface area contributed by atoms with Crippen LogP contribution < -0.4 is 40.8 Å². The average molecular weight is 973 g/mol. The largest absolute Gasteiger partial charge is 0.643 e. The summed E-state index contributed by atoms with van der Waals surface area (Å²) in [6, 6.07) is 51.8. The second kappa shape index (κ2) is 20.9. The van der Waals surface area contributed by atoms with Crippen molar-refractivity contribution < 1.29 is 28.3 Å². The minimum absolute atomic E-state index is 0.0959. The SMILES string of the molecule is CC1(C)OB(c2c(Oc3ccccc3)cccc2Oc2ccc(Cl)cc2)OC1(C)C.Clc1ccc2c(c1)B1c3ccccc3Oc3cccc(c31)O2.Clc1ccccc1.[Cl][Al]([Cl])[Cl]. The van der Waals surface area contributed by atoms with E-state index in [1.165, 1.54) is 0 Å². The molecule has 6 nitrogen and oxygen atoms in total. The van der Waals surface area contributed by atoms with Crippen molar-refractivity contribution >= 4 is 112 Å². The van der Waals surface area contributed by atoms with Crippen LogP contribution in [0.15, 0.2) is 164 Å². The third-order valence-corrected chi connectivity index (χ3v) is 11.3. The number of halogens is 6. The summed E-state index contributed by atoms with van der Waals surface area (Å²) in [5, 5.41) is 2.16. The number of fused-ring (bicyclic) bond motifs is 4. The molecule has 0 unspecified atom stereocenters. The van der Waals surface area contributed by atoms with Crippen molar-refractivity contribution in [3.8, 4) is 46.0 Å². The van der Waals surface area contributed by atoms with Gasteiger partial charge in [0.1, 0.15) is 46.0 Å². The van der Waals surface area contributed by atoms with Crippen molar-refractivity contribution in [1.29, 1.82) is 0 Å². The molecule has 0 amide bonds. The summed E-state index contributed by atoms with van der Waals surface area (Å²) in [5.41, 5.74) is 3.04. The molecule has 3 aliphatic rings. The predicted octanol–water partition coefficient (Wildman–Crippen LogP) is 13.3. The normalized spacial score (nSPS) is 14.2. The van der Waals surface area contributed by atoms with E-state index in [2.05, 4.69) is 6.07 Å². The standard InChI is InChI=1S/C24H24BClO4.C18H10BClO2.C6H5Cl.Al.3ClH/c1-23(2)24(3,4)30-25(29-23)22-20(27-18-9-6-5-7-10-18)11-8-12-21(22)28-19-15-13-17(26)14-16-19;20-11-8-9-15-13(10-11)19-12-4-1-2-5-14(12)21-16-6-3-7-17(22-15)18(16)19;7-6-4-2-1-3-5-6;;;;/h5-16H,1-4H3;1-10H;1-5H;;3*1H/q;;;+3;;;/p-3. The summed E-state index contributed by atoms with van der Waals surface area (Å²) < 4.78 is 37.1. The molecule has 0 N–H and O–H groups in total. The average Bonchev–Trinajstić information content (AvgIpc) is 3.47. The van der Waals surface area contributed by atoms with Crippen LogP contribution in [-0.4, -0.2) is 36.4 Å². The minimum Gasteiger partial charge on any atom is -0.458 e. The summed E-state index contributed by atoms with van der Waals surface area (Å²) in [6.45, 7) is 8.18. The molecule has 0 bridgehead atoms. The Morgan fingerprint density at radius 1 is 0.444 bits per heavy atom. The number of benzene rings is 7. The van der Waals surface area contributed by atoms with Crippen LogP contribution in [0.3, 0.4) is 0 Å². The van der Waals surface area contributed by atoms with Crippen molar-refractivity contribution in [3.63, 3.8) is 0 Å². The van der Waals surface area contributed by atoms with E-state index in [0.29, 0.717) is 32.8 Å². The van der Waals surface area contributed by atoms with Crippen molar-refractivity contribution in [2.75, 3.05) is 0 Å². The zero-order chi connectivity index (χ0) is 44.7. The first-order valence-corrected chi connectivity index (χ1v) is 26.2. The first-order chi connectivity index (χ1) is 30.2. The summed E-state index contributed by atoms with van der Waals surface area (Å²) in [4.78, 5) is 0. The molecule has 0 saturated carbocycles. The molecule has 0 atom stereocenters. The van der Waals surface area contributed by atoms with Gasteiger partial charge in [0.05, 0.1) is 16.7 Å². The molecule has 0 aliphatic carbocycles. The highest BCUT2D eigenvalue weighted by Gasteiger charge is 2.53. The van der Waals surface area contributed by atoms with E-state index < -0.39 is 29.7 Å². The number of rotatable bonds is 5. The van der Waals surface area contributed by atoms with Crippen LogP contribution >= 0.6 is 65.0 Å². The van der Waals surface area contributed by atoms with Gasteiger partial charge in [0.25, 0.3) is 6.71 Å². The molecule has 15 heteroatoms. The number of hydrogen-bond donors (Lipinski definition) is 0. The zero-order valence-electron chi connectivity index (χ0n) is 34.5. The van der Waals surface area contributed by atoms with Crippen molar-refractivity contribution in [2.24, 2.45) is 0 Å². The van der Waals surface area contributed by atoms with Gasteiger partial charge in [0, 0.05) is 20.5 Å². The molecule has 318 valence electrons. The van der Waals surface area contributed by atoms with Gasteiger partial charge in [-0.15, -0.1) is 0 Å². The van der Waals surface area contributed by atoms with Gasteiger partial charge in [0.15, 0.2) is 0 Å². The molecule has 63 heavy (non-hydrogen) atoms. The molecule has 3 aliphatic heterocycles. The maximum atomic E-state index is 6.32. The monoisotopic (exact) mass is 970 g/mol. The third kappa shape index (κ3) is 11.7. The Morgan fingerprint density at radius 3 is 1.44 bits per heavy atom. The Kier molecular flexibility index (Phi) is 15.6. The van der Waals surface area contributed by atoms with E-state index in [-0.39, 0.29) is 6.71 Å². The van der Waals surface area contributed by atoms with Crippen LogP contribution in [0, 0.1) is 0 Å². The van der Waals surface area contributed by atoms with E-state index in [0.717, 1.165) is 50.2 Å². The van der Waals surface area contributed by atoms with Gasteiger partial charge in [-0.05, 0) is 136 Å². The van der Waals surface area contributed by atoms with Gasteiger partial charge in [-0.3, -0.25) is 0 Å². The lowest BCUT2D eigenvalue weighted by molar-refractivity contribution is 0.00578. The number of ether oxygens (including phenoxy) is 4. The van der Waals surface area contributed by atoms with Gasteiger partial charge in [-0.1, -0.05) is 102 Å². The van der Waals surface area contributed by atoms with Crippen molar-refractivity contribution in [3.05, 3.63) is 179 Å². The van der Waals surface area contributed by atoms with Gasteiger partial charge in [-0.25, -0.2) is 30.1 Å².